The molecule has 0 saturated carbocycles. The molecule has 1 aliphatic heterocycles. The SMILES string of the molecule is O=S1C=Cc2c1ncn1ncnc21. The highest BCUT2D eigenvalue weighted by Crippen LogP contribution is 2.23. The van der Waals surface area contributed by atoms with Crippen LogP contribution in [-0.4, -0.2) is 23.8 Å². The summed E-state index contributed by atoms with van der Waals surface area (Å²) in [7, 11) is -1.11. The number of nitrogens with zero attached hydrogens (tertiary/aromatic N) is 4. The first kappa shape index (κ1) is 6.90. The Morgan fingerprint density at radius 1 is 1.38 bits per heavy atom. The van der Waals surface area contributed by atoms with Crippen LogP contribution in [0.1, 0.15) is 5.56 Å². The lowest BCUT2D eigenvalue weighted by molar-refractivity contribution is 0.685. The smallest absolute Gasteiger partial charge is 0.167 e. The van der Waals surface area contributed by atoms with Crippen molar-refractivity contribution in [2.45, 2.75) is 5.03 Å². The third kappa shape index (κ3) is 0.803. The summed E-state index contributed by atoms with van der Waals surface area (Å²) >= 11 is 0. The van der Waals surface area contributed by atoms with Gasteiger partial charge < -0.3 is 0 Å². The van der Waals surface area contributed by atoms with Crippen LogP contribution in [0.5, 0.6) is 0 Å². The van der Waals surface area contributed by atoms with Gasteiger partial charge in [-0.15, -0.1) is 0 Å². The number of rotatable bonds is 0. The van der Waals surface area contributed by atoms with Crippen molar-refractivity contribution in [2.75, 3.05) is 0 Å². The van der Waals surface area contributed by atoms with Gasteiger partial charge in [0.15, 0.2) is 5.65 Å². The summed E-state index contributed by atoms with van der Waals surface area (Å²) in [6.07, 6.45) is 4.74. The van der Waals surface area contributed by atoms with E-state index < -0.39 is 10.8 Å². The molecule has 64 valence electrons. The molecule has 0 N–H and O–H groups in total. The topological polar surface area (TPSA) is 60.2 Å². The molecule has 0 fully saturated rings. The molecule has 1 aliphatic rings. The van der Waals surface area contributed by atoms with E-state index in [1.54, 1.807) is 16.0 Å². The molecule has 0 bridgehead atoms. The number of fused-ring (bicyclic) bond motifs is 3. The third-order valence-electron chi connectivity index (χ3n) is 1.88. The van der Waals surface area contributed by atoms with Crippen LogP contribution in [0.4, 0.5) is 0 Å². The van der Waals surface area contributed by atoms with Crippen LogP contribution >= 0.6 is 0 Å². The summed E-state index contributed by atoms with van der Waals surface area (Å²) in [5.41, 5.74) is 1.51. The van der Waals surface area contributed by atoms with E-state index in [0.717, 1.165) is 5.56 Å². The fourth-order valence-corrected chi connectivity index (χ4v) is 2.22. The van der Waals surface area contributed by atoms with E-state index in [4.69, 9.17) is 0 Å². The molecule has 1 atom stereocenters. The van der Waals surface area contributed by atoms with Gasteiger partial charge in [-0.2, -0.15) is 5.10 Å². The molecule has 1 unspecified atom stereocenters. The fraction of sp³-hybridized carbons (Fsp3) is 0. The van der Waals surface area contributed by atoms with E-state index in [0.29, 0.717) is 10.7 Å². The molecule has 3 rings (SSSR count). The number of aromatic nitrogens is 4. The summed E-state index contributed by atoms with van der Waals surface area (Å²) in [4.78, 5) is 8.09. The average Bonchev–Trinajstić information content (AvgIpc) is 2.70. The normalized spacial score (nSPS) is 19.5. The maximum absolute atomic E-state index is 11.3. The maximum atomic E-state index is 11.3. The monoisotopic (exact) mass is 192 g/mol. The van der Waals surface area contributed by atoms with Crippen molar-refractivity contribution in [3.63, 3.8) is 0 Å². The highest BCUT2D eigenvalue weighted by molar-refractivity contribution is 7.88. The van der Waals surface area contributed by atoms with Gasteiger partial charge in [0.2, 0.25) is 0 Å². The molecule has 13 heavy (non-hydrogen) atoms. The molecule has 5 nitrogen and oxygen atoms in total. The lowest BCUT2D eigenvalue weighted by Gasteiger charge is -1.96. The van der Waals surface area contributed by atoms with Crippen LogP contribution in [0.15, 0.2) is 23.1 Å². The first-order valence-corrected chi connectivity index (χ1v) is 4.85. The van der Waals surface area contributed by atoms with Gasteiger partial charge in [-0.25, -0.2) is 18.7 Å². The molecule has 0 aliphatic carbocycles. The summed E-state index contributed by atoms with van der Waals surface area (Å²) in [5, 5.41) is 6.10. The molecule has 0 radical (unpaired) electrons. The van der Waals surface area contributed by atoms with Gasteiger partial charge in [-0.05, 0) is 6.08 Å². The number of hydrogen-bond donors (Lipinski definition) is 0. The summed E-state index contributed by atoms with van der Waals surface area (Å²) in [6.45, 7) is 0. The Morgan fingerprint density at radius 2 is 2.31 bits per heavy atom. The predicted molar refractivity (Wildman–Crippen MR) is 46.2 cm³/mol. The van der Waals surface area contributed by atoms with Crippen LogP contribution in [0, 0.1) is 0 Å². The van der Waals surface area contributed by atoms with E-state index in [2.05, 4.69) is 15.1 Å². The van der Waals surface area contributed by atoms with E-state index in [9.17, 15) is 4.21 Å². The maximum Gasteiger partial charge on any atom is 0.167 e. The summed E-state index contributed by atoms with van der Waals surface area (Å²) < 4.78 is 12.9. The van der Waals surface area contributed by atoms with Crippen LogP contribution in [0.3, 0.4) is 0 Å². The Hall–Kier alpha value is -1.56. The minimum absolute atomic E-state index is 0.570. The summed E-state index contributed by atoms with van der Waals surface area (Å²) in [5.74, 6) is 0. The molecule has 0 spiro atoms. The molecular weight excluding hydrogens is 188 g/mol. The van der Waals surface area contributed by atoms with Crippen LogP contribution in [0.25, 0.3) is 11.7 Å². The number of hydrogen-bond acceptors (Lipinski definition) is 4. The lowest BCUT2D eigenvalue weighted by Crippen LogP contribution is -1.97. The van der Waals surface area contributed by atoms with Gasteiger partial charge in [0.05, 0.1) is 16.4 Å². The molecule has 0 amide bonds. The lowest BCUT2D eigenvalue weighted by atomic mass is 10.3. The minimum atomic E-state index is -1.11. The molecule has 3 heterocycles. The van der Waals surface area contributed by atoms with Crippen molar-refractivity contribution >= 4 is 22.5 Å². The molecule has 0 aromatic carbocycles. The molecule has 2 aromatic rings. The second kappa shape index (κ2) is 2.23. The second-order valence-corrected chi connectivity index (χ2v) is 3.85. The highest BCUT2D eigenvalue weighted by atomic mass is 32.2. The largest absolute Gasteiger partial charge is 0.248 e. The average molecular weight is 192 g/mol. The van der Waals surface area contributed by atoms with Crippen LogP contribution in [-0.2, 0) is 10.8 Å². The van der Waals surface area contributed by atoms with E-state index in [1.807, 2.05) is 0 Å². The third-order valence-corrected chi connectivity index (χ3v) is 2.97. The molecule has 0 saturated heterocycles. The van der Waals surface area contributed by atoms with Crippen molar-refractivity contribution < 1.29 is 4.21 Å². The van der Waals surface area contributed by atoms with Crippen molar-refractivity contribution in [2.24, 2.45) is 0 Å². The first-order chi connectivity index (χ1) is 6.36. The Balaban J connectivity index is 2.52. The van der Waals surface area contributed by atoms with Crippen molar-refractivity contribution in [1.82, 2.24) is 19.6 Å². The van der Waals surface area contributed by atoms with Gasteiger partial charge in [0, 0.05) is 5.41 Å². The standard InChI is InChI=1S/C7H4N4OS/c12-13-2-1-5-6-8-3-10-11(6)4-9-7(5)13/h1-4H. The Morgan fingerprint density at radius 3 is 3.23 bits per heavy atom. The zero-order chi connectivity index (χ0) is 8.84. The van der Waals surface area contributed by atoms with Crippen LogP contribution < -0.4 is 0 Å². The summed E-state index contributed by atoms with van der Waals surface area (Å²) in [6, 6.07) is 0. The Kier molecular flexibility index (Phi) is 1.18. The van der Waals surface area contributed by atoms with Crippen LogP contribution in [0.2, 0.25) is 0 Å². The Bertz CT molecular complexity index is 544. The molecule has 6 heteroatoms. The van der Waals surface area contributed by atoms with E-state index in [-0.39, 0.29) is 0 Å². The second-order valence-electron chi connectivity index (χ2n) is 2.59. The van der Waals surface area contributed by atoms with Crippen molar-refractivity contribution in [3.05, 3.63) is 23.6 Å². The Labute approximate surface area is 75.6 Å². The minimum Gasteiger partial charge on any atom is -0.248 e. The van der Waals surface area contributed by atoms with Gasteiger partial charge in [0.25, 0.3) is 0 Å². The quantitative estimate of drug-likeness (QED) is 0.560. The van der Waals surface area contributed by atoms with Gasteiger partial charge in [-0.1, -0.05) is 0 Å². The molecular formula is C7H4N4OS. The predicted octanol–water partition coefficient (Wildman–Crippen LogP) is 0.216. The first-order valence-electron chi connectivity index (χ1n) is 3.63. The van der Waals surface area contributed by atoms with Crippen molar-refractivity contribution in [1.29, 1.82) is 0 Å². The van der Waals surface area contributed by atoms with E-state index >= 15 is 0 Å². The van der Waals surface area contributed by atoms with Gasteiger partial charge in [0.1, 0.15) is 17.7 Å². The van der Waals surface area contributed by atoms with Gasteiger partial charge in [-0.3, -0.25) is 0 Å². The fourth-order valence-electron chi connectivity index (χ4n) is 1.30. The zero-order valence-corrected chi connectivity index (χ0v) is 7.23. The van der Waals surface area contributed by atoms with E-state index in [1.165, 1.54) is 12.7 Å². The van der Waals surface area contributed by atoms with Gasteiger partial charge >= 0.3 is 0 Å². The van der Waals surface area contributed by atoms with Crippen molar-refractivity contribution in [3.8, 4) is 0 Å². The highest BCUT2D eigenvalue weighted by Gasteiger charge is 2.17. The molecule has 2 aromatic heterocycles. The zero-order valence-electron chi connectivity index (χ0n) is 6.41.